The van der Waals surface area contributed by atoms with Crippen LogP contribution in [0.3, 0.4) is 0 Å². The maximum Gasteiger partial charge on any atom is 0.116 e. The van der Waals surface area contributed by atoms with Gasteiger partial charge < -0.3 is 4.90 Å². The maximum atomic E-state index is 12.8. The smallest absolute Gasteiger partial charge is 0.116 e. The van der Waals surface area contributed by atoms with E-state index in [2.05, 4.69) is 30.3 Å². The van der Waals surface area contributed by atoms with Gasteiger partial charge in [-0.3, -0.25) is 4.98 Å². The summed E-state index contributed by atoms with van der Waals surface area (Å²) >= 11 is 0. The van der Waals surface area contributed by atoms with Crippen LogP contribution < -0.4 is 0 Å². The van der Waals surface area contributed by atoms with E-state index in [1.54, 1.807) is 6.20 Å². The van der Waals surface area contributed by atoms with Crippen LogP contribution in [0.25, 0.3) is 0 Å². The number of pyridine rings is 1. The van der Waals surface area contributed by atoms with E-state index in [-0.39, 0.29) is 0 Å². The Morgan fingerprint density at radius 1 is 1.42 bits per heavy atom. The molecule has 2 aliphatic rings. The minimum atomic E-state index is -0.432. The van der Waals surface area contributed by atoms with Gasteiger partial charge in [0.15, 0.2) is 0 Å². The third kappa shape index (κ3) is 4.17. The highest BCUT2D eigenvalue weighted by Crippen LogP contribution is 2.41. The maximum absolute atomic E-state index is 12.8. The zero-order valence-electron chi connectivity index (χ0n) is 15.2. The standard InChI is InChI=1S/C21H31FN2/c1-15(17(3)19-7-8-19)5-4-6-16(2)24-10-9-21-20(14-24)11-18(12-22)13-23-21/h11,13,15,17,19H,2,4-10,12,14H2,1,3H3. The Labute approximate surface area is 146 Å². The van der Waals surface area contributed by atoms with E-state index in [1.165, 1.54) is 36.9 Å². The molecule has 24 heavy (non-hydrogen) atoms. The average Bonchev–Trinajstić information content (AvgIpc) is 3.44. The van der Waals surface area contributed by atoms with Crippen LogP contribution in [0, 0.1) is 17.8 Å². The van der Waals surface area contributed by atoms with Gasteiger partial charge in [-0.15, -0.1) is 0 Å². The number of rotatable bonds is 8. The lowest BCUT2D eigenvalue weighted by molar-refractivity contribution is 0.291. The van der Waals surface area contributed by atoms with E-state index < -0.39 is 6.67 Å². The monoisotopic (exact) mass is 330 g/mol. The van der Waals surface area contributed by atoms with Gasteiger partial charge in [0.25, 0.3) is 0 Å². The summed E-state index contributed by atoms with van der Waals surface area (Å²) in [6, 6.07) is 1.97. The molecule has 1 aromatic rings. The van der Waals surface area contributed by atoms with Crippen molar-refractivity contribution in [2.75, 3.05) is 6.54 Å². The van der Waals surface area contributed by atoms with Crippen LogP contribution in [-0.4, -0.2) is 16.4 Å². The summed E-state index contributed by atoms with van der Waals surface area (Å²) in [6.45, 7) is 10.5. The summed E-state index contributed by atoms with van der Waals surface area (Å²) < 4.78 is 12.8. The number of nitrogens with zero attached hydrogens (tertiary/aromatic N) is 2. The van der Waals surface area contributed by atoms with Crippen molar-refractivity contribution in [2.24, 2.45) is 17.8 Å². The minimum Gasteiger partial charge on any atom is -0.371 e. The number of hydrogen-bond acceptors (Lipinski definition) is 2. The van der Waals surface area contributed by atoms with Gasteiger partial charge in [0.2, 0.25) is 0 Å². The Hall–Kier alpha value is -1.38. The summed E-state index contributed by atoms with van der Waals surface area (Å²) in [5.41, 5.74) is 4.22. The van der Waals surface area contributed by atoms with Crippen LogP contribution in [0.5, 0.6) is 0 Å². The van der Waals surface area contributed by atoms with Crippen molar-refractivity contribution >= 4 is 0 Å². The molecule has 2 unspecified atom stereocenters. The quantitative estimate of drug-likeness (QED) is 0.645. The van der Waals surface area contributed by atoms with Crippen molar-refractivity contribution < 1.29 is 4.39 Å². The number of fused-ring (bicyclic) bond motifs is 1. The molecule has 1 aliphatic heterocycles. The van der Waals surface area contributed by atoms with E-state index in [9.17, 15) is 4.39 Å². The van der Waals surface area contributed by atoms with Crippen molar-refractivity contribution in [1.82, 2.24) is 9.88 Å². The molecule has 3 rings (SSSR count). The predicted octanol–water partition coefficient (Wildman–Crippen LogP) is 5.28. The molecule has 0 amide bonds. The molecule has 0 N–H and O–H groups in total. The highest BCUT2D eigenvalue weighted by Gasteiger charge is 2.31. The molecule has 1 aromatic heterocycles. The van der Waals surface area contributed by atoms with Gasteiger partial charge in [-0.05, 0) is 55.1 Å². The van der Waals surface area contributed by atoms with Gasteiger partial charge in [-0.1, -0.05) is 26.8 Å². The third-order valence-electron chi connectivity index (χ3n) is 6.09. The zero-order valence-corrected chi connectivity index (χ0v) is 15.2. The van der Waals surface area contributed by atoms with Gasteiger partial charge in [-0.2, -0.15) is 0 Å². The predicted molar refractivity (Wildman–Crippen MR) is 97.2 cm³/mol. The average molecular weight is 330 g/mol. The highest BCUT2D eigenvalue weighted by molar-refractivity contribution is 5.28. The molecular weight excluding hydrogens is 299 g/mol. The molecule has 3 heteroatoms. The van der Waals surface area contributed by atoms with Crippen LogP contribution in [-0.2, 0) is 19.6 Å². The SMILES string of the molecule is C=C(CCCC(C)C(C)C1CC1)N1CCc2ncc(CF)cc2C1. The molecule has 0 radical (unpaired) electrons. The fourth-order valence-corrected chi connectivity index (χ4v) is 3.95. The Morgan fingerprint density at radius 2 is 2.21 bits per heavy atom. The Kier molecular flexibility index (Phi) is 5.57. The number of alkyl halides is 1. The molecule has 0 aromatic carbocycles. The van der Waals surface area contributed by atoms with Gasteiger partial charge >= 0.3 is 0 Å². The minimum absolute atomic E-state index is 0.432. The lowest BCUT2D eigenvalue weighted by atomic mass is 9.87. The van der Waals surface area contributed by atoms with Crippen molar-refractivity contribution in [1.29, 1.82) is 0 Å². The van der Waals surface area contributed by atoms with Crippen LogP contribution >= 0.6 is 0 Å². The van der Waals surface area contributed by atoms with Gasteiger partial charge in [0, 0.05) is 42.7 Å². The fraction of sp³-hybridized carbons (Fsp3) is 0.667. The second-order valence-corrected chi connectivity index (χ2v) is 7.89. The van der Waals surface area contributed by atoms with Crippen LogP contribution in [0.15, 0.2) is 24.5 Å². The molecule has 132 valence electrons. The highest BCUT2D eigenvalue weighted by atomic mass is 19.1. The van der Waals surface area contributed by atoms with Crippen molar-refractivity contribution in [3.8, 4) is 0 Å². The molecule has 0 spiro atoms. The lowest BCUT2D eigenvalue weighted by Crippen LogP contribution is -2.30. The summed E-state index contributed by atoms with van der Waals surface area (Å²) in [5, 5.41) is 0. The van der Waals surface area contributed by atoms with E-state index in [0.29, 0.717) is 5.56 Å². The first-order valence-electron chi connectivity index (χ1n) is 9.54. The van der Waals surface area contributed by atoms with Crippen LogP contribution in [0.4, 0.5) is 4.39 Å². The second-order valence-electron chi connectivity index (χ2n) is 7.89. The third-order valence-corrected chi connectivity index (χ3v) is 6.09. The fourth-order valence-electron chi connectivity index (χ4n) is 3.95. The first-order chi connectivity index (χ1) is 11.6. The summed E-state index contributed by atoms with van der Waals surface area (Å²) in [5.74, 6) is 2.70. The Morgan fingerprint density at radius 3 is 2.92 bits per heavy atom. The molecule has 2 heterocycles. The van der Waals surface area contributed by atoms with Gasteiger partial charge in [0.05, 0.1) is 0 Å². The zero-order chi connectivity index (χ0) is 17.1. The number of hydrogen-bond donors (Lipinski definition) is 0. The molecule has 2 atom stereocenters. The lowest BCUT2D eigenvalue weighted by Gasteiger charge is -2.32. The number of aromatic nitrogens is 1. The molecule has 2 nitrogen and oxygen atoms in total. The van der Waals surface area contributed by atoms with Gasteiger partial charge in [0.1, 0.15) is 6.67 Å². The molecule has 0 saturated heterocycles. The van der Waals surface area contributed by atoms with Gasteiger partial charge in [-0.25, -0.2) is 4.39 Å². The Bertz CT molecular complexity index is 579. The normalized spacial score (nSPS) is 19.7. The largest absolute Gasteiger partial charge is 0.371 e. The molecule has 0 bridgehead atoms. The van der Waals surface area contributed by atoms with E-state index in [0.717, 1.165) is 49.4 Å². The summed E-state index contributed by atoms with van der Waals surface area (Å²) in [6.07, 6.45) is 9.10. The molecular formula is C21H31FN2. The summed E-state index contributed by atoms with van der Waals surface area (Å²) in [7, 11) is 0. The van der Waals surface area contributed by atoms with Crippen molar-refractivity contribution in [3.05, 3.63) is 41.4 Å². The number of halogens is 1. The van der Waals surface area contributed by atoms with Crippen molar-refractivity contribution in [2.45, 2.75) is 65.6 Å². The van der Waals surface area contributed by atoms with E-state index >= 15 is 0 Å². The molecule has 1 fully saturated rings. The van der Waals surface area contributed by atoms with Crippen LogP contribution in [0.2, 0.25) is 0 Å². The molecule has 1 saturated carbocycles. The number of allylic oxidation sites excluding steroid dienone is 1. The summed E-state index contributed by atoms with van der Waals surface area (Å²) in [4.78, 5) is 6.78. The molecule has 1 aliphatic carbocycles. The van der Waals surface area contributed by atoms with Crippen LogP contribution in [0.1, 0.15) is 62.8 Å². The van der Waals surface area contributed by atoms with E-state index in [4.69, 9.17) is 0 Å². The van der Waals surface area contributed by atoms with Crippen molar-refractivity contribution in [3.63, 3.8) is 0 Å². The van der Waals surface area contributed by atoms with E-state index in [1.807, 2.05) is 6.07 Å². The first kappa shape index (κ1) is 17.4. The Balaban J connectivity index is 1.47. The first-order valence-corrected chi connectivity index (χ1v) is 9.54. The second kappa shape index (κ2) is 7.67. The topological polar surface area (TPSA) is 16.1 Å².